The van der Waals surface area contributed by atoms with Gasteiger partial charge < -0.3 is 43.6 Å². The summed E-state index contributed by atoms with van der Waals surface area (Å²) in [4.78, 5) is 40.5. The molecule has 18 heteroatoms. The standard InChI is InChI=1S/C47H64N6O10Si2/c1-30(63-65(10,11)46(2,3)4)37(44(56)60-25-26-64(7,8)9)51-45(57)52-41-38-42(49-28-48-41)53(29-50-38)43-40(55)39(54)36(62-43)27-61-47(31-15-13-12-14-16-31,32-17-21-34(58-5)22-18-32)33-19-23-35(59-6)24-20-33/h12-24,28-30,36-37,39-40,43,54-55H,25-27H2,1-11H3,(H2,48,49,51,52,57)/t30?,36-,37?,39-,40-,43-/m1/s1. The van der Waals surface area contributed by atoms with Crippen LogP contribution in [0.5, 0.6) is 11.5 Å². The third kappa shape index (κ3) is 11.1. The maximum Gasteiger partial charge on any atom is 0.331 e. The van der Waals surface area contributed by atoms with E-state index in [0.717, 1.165) is 22.7 Å². The van der Waals surface area contributed by atoms with E-state index in [0.29, 0.717) is 11.5 Å². The van der Waals surface area contributed by atoms with E-state index in [2.05, 4.69) is 79.1 Å². The molecule has 6 rings (SSSR count). The van der Waals surface area contributed by atoms with Crippen molar-refractivity contribution in [2.24, 2.45) is 0 Å². The fourth-order valence-electron chi connectivity index (χ4n) is 7.42. The number of hydrogen-bond acceptors (Lipinski definition) is 13. The zero-order valence-corrected chi connectivity index (χ0v) is 41.2. The summed E-state index contributed by atoms with van der Waals surface area (Å²) in [6.45, 7) is 18.9. The minimum atomic E-state index is -2.37. The van der Waals surface area contributed by atoms with Gasteiger partial charge in [-0.3, -0.25) is 9.88 Å². The number of imidazole rings is 1. The third-order valence-corrected chi connectivity index (χ3v) is 18.5. The summed E-state index contributed by atoms with van der Waals surface area (Å²) in [6, 6.07) is 23.7. The lowest BCUT2D eigenvalue weighted by Gasteiger charge is -2.40. The molecule has 4 N–H and O–H groups in total. The highest BCUT2D eigenvalue weighted by molar-refractivity contribution is 6.76. The lowest BCUT2D eigenvalue weighted by molar-refractivity contribution is -0.147. The predicted octanol–water partition coefficient (Wildman–Crippen LogP) is 7.25. The van der Waals surface area contributed by atoms with Crippen LogP contribution in [0.3, 0.4) is 0 Å². The van der Waals surface area contributed by atoms with E-state index in [1.54, 1.807) is 21.1 Å². The normalized spacial score (nSPS) is 19.1. The average molecular weight is 929 g/mol. The van der Waals surface area contributed by atoms with Crippen LogP contribution < -0.4 is 20.1 Å². The van der Waals surface area contributed by atoms with Crippen molar-refractivity contribution < 1.29 is 47.9 Å². The van der Waals surface area contributed by atoms with Gasteiger partial charge in [-0.2, -0.15) is 0 Å². The van der Waals surface area contributed by atoms with Gasteiger partial charge in [-0.1, -0.05) is 95.0 Å². The van der Waals surface area contributed by atoms with Crippen molar-refractivity contribution in [1.29, 1.82) is 0 Å². The third-order valence-electron chi connectivity index (χ3n) is 12.2. The molecule has 1 aliphatic rings. The molecule has 1 fully saturated rings. The smallest absolute Gasteiger partial charge is 0.331 e. The fourth-order valence-corrected chi connectivity index (χ4v) is 9.55. The molecule has 350 valence electrons. The number of anilines is 1. The van der Waals surface area contributed by atoms with E-state index in [-0.39, 0.29) is 35.2 Å². The van der Waals surface area contributed by atoms with Crippen molar-refractivity contribution in [2.45, 2.75) is 114 Å². The Kier molecular flexibility index (Phi) is 15.2. The monoisotopic (exact) mass is 928 g/mol. The van der Waals surface area contributed by atoms with E-state index in [4.69, 9.17) is 28.1 Å². The fraction of sp³-hybridized carbons (Fsp3) is 0.468. The molecule has 0 bridgehead atoms. The second-order valence-electron chi connectivity index (χ2n) is 19.0. The Morgan fingerprint density at radius 2 is 1.42 bits per heavy atom. The number of carbonyl (C=O) groups excluding carboxylic acids is 2. The Labute approximate surface area is 383 Å². The molecule has 0 saturated carbocycles. The number of benzene rings is 3. The number of ether oxygens (including phenoxy) is 5. The molecule has 5 aromatic rings. The maximum absolute atomic E-state index is 13.7. The van der Waals surface area contributed by atoms with Crippen LogP contribution in [-0.2, 0) is 29.0 Å². The first-order chi connectivity index (χ1) is 30.7. The number of carbonyl (C=O) groups is 2. The highest BCUT2D eigenvalue weighted by Gasteiger charge is 2.47. The number of aliphatic hydroxyl groups is 2. The molecule has 6 atom stereocenters. The van der Waals surface area contributed by atoms with Crippen molar-refractivity contribution in [3.63, 3.8) is 0 Å². The van der Waals surface area contributed by atoms with Crippen LogP contribution in [-0.4, -0.2) is 116 Å². The Morgan fingerprint density at radius 1 is 0.831 bits per heavy atom. The molecule has 0 radical (unpaired) electrons. The number of aliphatic hydroxyl groups excluding tert-OH is 2. The first-order valence-corrected chi connectivity index (χ1v) is 28.4. The summed E-state index contributed by atoms with van der Waals surface area (Å²) >= 11 is 0. The summed E-state index contributed by atoms with van der Waals surface area (Å²) in [5.41, 5.74) is 1.55. The van der Waals surface area contributed by atoms with Crippen LogP contribution in [0.25, 0.3) is 11.2 Å². The van der Waals surface area contributed by atoms with Gasteiger partial charge >= 0.3 is 12.0 Å². The number of esters is 1. The van der Waals surface area contributed by atoms with Crippen LogP contribution in [0.2, 0.25) is 43.8 Å². The molecular formula is C47H64N6O10Si2. The van der Waals surface area contributed by atoms with Crippen molar-refractivity contribution in [3.8, 4) is 11.5 Å². The van der Waals surface area contributed by atoms with Crippen molar-refractivity contribution >= 4 is 45.4 Å². The first-order valence-electron chi connectivity index (χ1n) is 21.8. The van der Waals surface area contributed by atoms with Crippen LogP contribution in [0, 0.1) is 0 Å². The number of urea groups is 1. The highest BCUT2D eigenvalue weighted by Crippen LogP contribution is 2.43. The van der Waals surface area contributed by atoms with Crippen LogP contribution in [0.15, 0.2) is 91.5 Å². The second kappa shape index (κ2) is 20.1. The van der Waals surface area contributed by atoms with Gasteiger partial charge in [0, 0.05) is 8.07 Å². The molecule has 3 heterocycles. The number of methoxy groups -OCH3 is 2. The molecule has 2 amide bonds. The number of nitrogens with one attached hydrogen (secondary N) is 2. The summed E-state index contributed by atoms with van der Waals surface area (Å²) < 4.78 is 38.0. The van der Waals surface area contributed by atoms with E-state index in [1.807, 2.05) is 78.9 Å². The van der Waals surface area contributed by atoms with Gasteiger partial charge in [-0.05, 0) is 72.1 Å². The van der Waals surface area contributed by atoms with Gasteiger partial charge in [0.25, 0.3) is 0 Å². The highest BCUT2D eigenvalue weighted by atomic mass is 28.4. The van der Waals surface area contributed by atoms with Gasteiger partial charge in [-0.25, -0.2) is 24.5 Å². The molecule has 3 aromatic carbocycles. The summed E-state index contributed by atoms with van der Waals surface area (Å²) in [6.07, 6.45) is -3.08. The molecule has 1 aliphatic heterocycles. The Hall–Kier alpha value is -5.22. The molecule has 2 unspecified atom stereocenters. The Balaban J connectivity index is 1.24. The number of fused-ring (bicyclic) bond motifs is 1. The van der Waals surface area contributed by atoms with E-state index in [1.165, 1.54) is 17.2 Å². The van der Waals surface area contributed by atoms with Gasteiger partial charge in [-0.15, -0.1) is 0 Å². The van der Waals surface area contributed by atoms with Crippen molar-refractivity contribution in [3.05, 3.63) is 108 Å². The SMILES string of the molecule is COc1ccc(C(OC[C@H]2O[C@@H](n3cnc4c(NC(=O)NC(C(=O)OCC[Si](C)(C)C)C(C)O[Si](C)(C)C(C)(C)C)ncnc43)[C@H](O)[C@@H]2O)(c2ccccc2)c2ccc(OC)cc2)cc1. The topological polar surface area (TPSA) is 198 Å². The zero-order chi connectivity index (χ0) is 47.3. The van der Waals surface area contributed by atoms with Gasteiger partial charge in [0.2, 0.25) is 0 Å². The van der Waals surface area contributed by atoms with Crippen molar-refractivity contribution in [1.82, 2.24) is 24.8 Å². The van der Waals surface area contributed by atoms with E-state index < -0.39 is 70.7 Å². The molecule has 1 saturated heterocycles. The minimum Gasteiger partial charge on any atom is -0.497 e. The quantitative estimate of drug-likeness (QED) is 0.0390. The Morgan fingerprint density at radius 3 is 1.97 bits per heavy atom. The van der Waals surface area contributed by atoms with Gasteiger partial charge in [0.1, 0.15) is 41.7 Å². The Bertz CT molecular complexity index is 2320. The summed E-state index contributed by atoms with van der Waals surface area (Å²) in [5, 5.41) is 28.4. The molecule has 65 heavy (non-hydrogen) atoms. The van der Waals surface area contributed by atoms with E-state index in [9.17, 15) is 19.8 Å². The number of rotatable bonds is 18. The van der Waals surface area contributed by atoms with Crippen molar-refractivity contribution in [2.75, 3.05) is 32.8 Å². The second-order valence-corrected chi connectivity index (χ2v) is 29.4. The number of aromatic nitrogens is 4. The van der Waals surface area contributed by atoms with Crippen LogP contribution in [0.1, 0.15) is 50.6 Å². The largest absolute Gasteiger partial charge is 0.497 e. The lowest BCUT2D eigenvalue weighted by atomic mass is 9.80. The lowest BCUT2D eigenvalue weighted by Crippen LogP contribution is -2.55. The van der Waals surface area contributed by atoms with Crippen LogP contribution in [0.4, 0.5) is 10.6 Å². The molecule has 16 nitrogen and oxygen atoms in total. The molecule has 0 spiro atoms. The number of nitrogens with zero attached hydrogens (tertiary/aromatic N) is 4. The zero-order valence-electron chi connectivity index (χ0n) is 39.2. The van der Waals surface area contributed by atoms with Gasteiger partial charge in [0.15, 0.2) is 37.6 Å². The number of amides is 2. The van der Waals surface area contributed by atoms with Crippen LogP contribution >= 0.6 is 0 Å². The maximum atomic E-state index is 13.7. The summed E-state index contributed by atoms with van der Waals surface area (Å²) in [7, 11) is -0.675. The first kappa shape index (κ1) is 49.2. The summed E-state index contributed by atoms with van der Waals surface area (Å²) in [5.74, 6) is 0.772. The molecule has 0 aliphatic carbocycles. The minimum absolute atomic E-state index is 0.0367. The predicted molar refractivity (Wildman–Crippen MR) is 252 cm³/mol. The average Bonchev–Trinajstić information content (AvgIpc) is 3.82. The number of hydrogen-bond donors (Lipinski definition) is 4. The van der Waals surface area contributed by atoms with E-state index >= 15 is 0 Å². The molecule has 2 aromatic heterocycles. The van der Waals surface area contributed by atoms with Gasteiger partial charge in [0.05, 0.1) is 39.9 Å². The molecular weight excluding hydrogens is 865 g/mol.